The molecule has 98 valence electrons. The molecule has 0 amide bonds. The molecular weight excluding hydrogens is 238 g/mol. The number of carbonyl (C=O) groups excluding carboxylic acids is 1. The number of rotatable bonds is 3. The van der Waals surface area contributed by atoms with Gasteiger partial charge in [0, 0.05) is 22.5 Å². The van der Waals surface area contributed by atoms with Gasteiger partial charge < -0.3 is 4.74 Å². The van der Waals surface area contributed by atoms with Crippen LogP contribution in [0.3, 0.4) is 0 Å². The second-order valence-corrected chi connectivity index (χ2v) is 4.65. The maximum absolute atomic E-state index is 12.5. The van der Waals surface area contributed by atoms with Gasteiger partial charge >= 0.3 is 0 Å². The lowest BCUT2D eigenvalue weighted by Gasteiger charge is -2.08. The lowest BCUT2D eigenvalue weighted by atomic mass is 9.98. The molecule has 3 nitrogen and oxygen atoms in total. The van der Waals surface area contributed by atoms with Crippen LogP contribution in [0, 0.1) is 20.8 Å². The maximum atomic E-state index is 12.5. The normalized spacial score (nSPS) is 10.3. The molecule has 1 aromatic carbocycles. The van der Waals surface area contributed by atoms with Crippen LogP contribution in [-0.4, -0.2) is 17.9 Å². The summed E-state index contributed by atoms with van der Waals surface area (Å²) in [6.07, 6.45) is 0. The van der Waals surface area contributed by atoms with Crippen LogP contribution in [0.2, 0.25) is 0 Å². The third kappa shape index (κ3) is 2.81. The standard InChI is InChI=1S/C16H17NO2/c1-10-7-14(19-4)5-6-15(10)16(18)13-8-11(2)17-12(3)9-13/h5-9H,1-4H3. The molecule has 0 bridgehead atoms. The highest BCUT2D eigenvalue weighted by Gasteiger charge is 2.13. The van der Waals surface area contributed by atoms with Crippen LogP contribution in [0.25, 0.3) is 0 Å². The van der Waals surface area contributed by atoms with Crippen molar-refractivity contribution >= 4 is 5.78 Å². The van der Waals surface area contributed by atoms with Gasteiger partial charge in [-0.15, -0.1) is 0 Å². The minimum Gasteiger partial charge on any atom is -0.497 e. The molecule has 2 rings (SSSR count). The van der Waals surface area contributed by atoms with E-state index in [1.54, 1.807) is 13.2 Å². The van der Waals surface area contributed by atoms with E-state index in [4.69, 9.17) is 4.74 Å². The van der Waals surface area contributed by atoms with E-state index >= 15 is 0 Å². The molecule has 3 heteroatoms. The van der Waals surface area contributed by atoms with Crippen molar-refractivity contribution < 1.29 is 9.53 Å². The fraction of sp³-hybridized carbons (Fsp3) is 0.250. The van der Waals surface area contributed by atoms with Crippen LogP contribution in [0.1, 0.15) is 32.9 Å². The number of hydrogen-bond donors (Lipinski definition) is 0. The van der Waals surface area contributed by atoms with Crippen LogP contribution in [0.15, 0.2) is 30.3 Å². The second-order valence-electron chi connectivity index (χ2n) is 4.65. The number of methoxy groups -OCH3 is 1. The maximum Gasteiger partial charge on any atom is 0.193 e. The van der Waals surface area contributed by atoms with Gasteiger partial charge in [-0.3, -0.25) is 9.78 Å². The highest BCUT2D eigenvalue weighted by Crippen LogP contribution is 2.20. The first-order valence-corrected chi connectivity index (χ1v) is 6.16. The van der Waals surface area contributed by atoms with Gasteiger partial charge in [0.1, 0.15) is 5.75 Å². The lowest BCUT2D eigenvalue weighted by Crippen LogP contribution is -2.05. The van der Waals surface area contributed by atoms with Gasteiger partial charge in [0.25, 0.3) is 0 Å². The molecule has 0 fully saturated rings. The number of pyridine rings is 1. The Morgan fingerprint density at radius 3 is 2.21 bits per heavy atom. The third-order valence-corrected chi connectivity index (χ3v) is 3.02. The summed E-state index contributed by atoms with van der Waals surface area (Å²) in [6, 6.07) is 9.12. The van der Waals surface area contributed by atoms with Crippen molar-refractivity contribution in [2.24, 2.45) is 0 Å². The molecule has 1 aromatic heterocycles. The fourth-order valence-electron chi connectivity index (χ4n) is 2.14. The summed E-state index contributed by atoms with van der Waals surface area (Å²) in [7, 11) is 1.62. The van der Waals surface area contributed by atoms with Gasteiger partial charge in [-0.2, -0.15) is 0 Å². The number of hydrogen-bond acceptors (Lipinski definition) is 3. The first-order valence-electron chi connectivity index (χ1n) is 6.16. The molecule has 1 heterocycles. The van der Waals surface area contributed by atoms with Crippen molar-refractivity contribution in [3.63, 3.8) is 0 Å². The van der Waals surface area contributed by atoms with Gasteiger partial charge in [-0.1, -0.05) is 0 Å². The number of carbonyl (C=O) groups is 1. The monoisotopic (exact) mass is 255 g/mol. The summed E-state index contributed by atoms with van der Waals surface area (Å²) < 4.78 is 5.15. The van der Waals surface area contributed by atoms with Crippen molar-refractivity contribution in [1.82, 2.24) is 4.98 Å². The summed E-state index contributed by atoms with van der Waals surface area (Å²) in [4.78, 5) is 16.8. The molecule has 0 saturated carbocycles. The van der Waals surface area contributed by atoms with Crippen LogP contribution in [-0.2, 0) is 0 Å². The zero-order valence-electron chi connectivity index (χ0n) is 11.7. The van der Waals surface area contributed by atoms with Gasteiger partial charge in [0.05, 0.1) is 7.11 Å². The third-order valence-electron chi connectivity index (χ3n) is 3.02. The van der Waals surface area contributed by atoms with Crippen molar-refractivity contribution in [3.05, 3.63) is 58.4 Å². The van der Waals surface area contributed by atoms with E-state index in [2.05, 4.69) is 4.98 Å². The van der Waals surface area contributed by atoms with Crippen LogP contribution < -0.4 is 4.74 Å². The van der Waals surface area contributed by atoms with Gasteiger partial charge in [0.15, 0.2) is 5.78 Å². The Bertz CT molecular complexity index is 612. The lowest BCUT2D eigenvalue weighted by molar-refractivity contribution is 0.103. The van der Waals surface area contributed by atoms with E-state index in [1.807, 2.05) is 45.0 Å². The Hall–Kier alpha value is -2.16. The first-order chi connectivity index (χ1) is 9.01. The molecule has 0 radical (unpaired) electrons. The molecule has 0 aliphatic carbocycles. The summed E-state index contributed by atoms with van der Waals surface area (Å²) in [5.41, 5.74) is 4.00. The predicted octanol–water partition coefficient (Wildman–Crippen LogP) is 3.25. The van der Waals surface area contributed by atoms with Crippen molar-refractivity contribution in [2.45, 2.75) is 20.8 Å². The Balaban J connectivity index is 2.44. The Labute approximate surface area is 113 Å². The van der Waals surface area contributed by atoms with Gasteiger partial charge in [-0.25, -0.2) is 0 Å². The van der Waals surface area contributed by atoms with E-state index in [1.165, 1.54) is 0 Å². The number of ether oxygens (including phenoxy) is 1. The first kappa shape index (κ1) is 13.3. The second kappa shape index (κ2) is 5.22. The molecule has 0 unspecified atom stereocenters. The predicted molar refractivity (Wildman–Crippen MR) is 74.9 cm³/mol. The van der Waals surface area contributed by atoms with Crippen molar-refractivity contribution in [1.29, 1.82) is 0 Å². The van der Waals surface area contributed by atoms with E-state index < -0.39 is 0 Å². The minimum absolute atomic E-state index is 0.0220. The zero-order valence-corrected chi connectivity index (χ0v) is 11.7. The average molecular weight is 255 g/mol. The highest BCUT2D eigenvalue weighted by atomic mass is 16.5. The Morgan fingerprint density at radius 1 is 1.05 bits per heavy atom. The molecule has 0 aliphatic rings. The summed E-state index contributed by atoms with van der Waals surface area (Å²) in [5.74, 6) is 0.782. The smallest absolute Gasteiger partial charge is 0.193 e. The van der Waals surface area contributed by atoms with E-state index in [0.717, 1.165) is 22.7 Å². The van der Waals surface area contributed by atoms with E-state index in [0.29, 0.717) is 11.1 Å². The van der Waals surface area contributed by atoms with E-state index in [9.17, 15) is 4.79 Å². The zero-order chi connectivity index (χ0) is 14.0. The number of ketones is 1. The molecule has 0 saturated heterocycles. The van der Waals surface area contributed by atoms with E-state index in [-0.39, 0.29) is 5.78 Å². The molecule has 0 N–H and O–H groups in total. The highest BCUT2D eigenvalue weighted by molar-refractivity contribution is 6.10. The molecule has 2 aromatic rings. The molecular formula is C16H17NO2. The summed E-state index contributed by atoms with van der Waals surface area (Å²) in [6.45, 7) is 5.70. The number of aryl methyl sites for hydroxylation is 3. The van der Waals surface area contributed by atoms with Crippen LogP contribution in [0.4, 0.5) is 0 Å². The largest absolute Gasteiger partial charge is 0.497 e. The topological polar surface area (TPSA) is 39.2 Å². The molecule has 0 aliphatic heterocycles. The number of nitrogens with zero attached hydrogens (tertiary/aromatic N) is 1. The molecule has 19 heavy (non-hydrogen) atoms. The van der Waals surface area contributed by atoms with Crippen molar-refractivity contribution in [2.75, 3.05) is 7.11 Å². The van der Waals surface area contributed by atoms with Gasteiger partial charge in [0.2, 0.25) is 0 Å². The van der Waals surface area contributed by atoms with Crippen LogP contribution >= 0.6 is 0 Å². The van der Waals surface area contributed by atoms with Crippen LogP contribution in [0.5, 0.6) is 5.75 Å². The Morgan fingerprint density at radius 2 is 1.68 bits per heavy atom. The Kier molecular flexibility index (Phi) is 3.65. The quantitative estimate of drug-likeness (QED) is 0.790. The SMILES string of the molecule is COc1ccc(C(=O)c2cc(C)nc(C)c2)c(C)c1. The number of benzene rings is 1. The minimum atomic E-state index is 0.0220. The van der Waals surface area contributed by atoms with Crippen molar-refractivity contribution in [3.8, 4) is 5.75 Å². The summed E-state index contributed by atoms with van der Waals surface area (Å²) in [5, 5.41) is 0. The number of aromatic nitrogens is 1. The summed E-state index contributed by atoms with van der Waals surface area (Å²) >= 11 is 0. The molecule has 0 atom stereocenters. The molecule has 0 spiro atoms. The van der Waals surface area contributed by atoms with Gasteiger partial charge in [-0.05, 0) is 56.7 Å². The fourth-order valence-corrected chi connectivity index (χ4v) is 2.14. The average Bonchev–Trinajstić information content (AvgIpc) is 2.36.